The van der Waals surface area contributed by atoms with Crippen LogP contribution in [-0.2, 0) is 4.74 Å². The van der Waals surface area contributed by atoms with E-state index in [-0.39, 0.29) is 6.09 Å². The van der Waals surface area contributed by atoms with Gasteiger partial charge in [-0.15, -0.1) is 0 Å². The highest BCUT2D eigenvalue weighted by Gasteiger charge is 2.26. The summed E-state index contributed by atoms with van der Waals surface area (Å²) in [6.07, 6.45) is 3.66. The van der Waals surface area contributed by atoms with E-state index in [1.807, 2.05) is 51.1 Å². The third-order valence-corrected chi connectivity index (χ3v) is 4.35. The molecular weight excluding hydrogens is 344 g/mol. The SMILES string of the molecule is CC(C)(C)OC(=O)N1CCCC(O)C1.c1ccc(OC2CCCNC2)cc1. The molecule has 6 heteroatoms. The van der Waals surface area contributed by atoms with Gasteiger partial charge in [-0.2, -0.15) is 0 Å². The van der Waals surface area contributed by atoms with Gasteiger partial charge in [0.15, 0.2) is 0 Å². The van der Waals surface area contributed by atoms with Gasteiger partial charge in [0.2, 0.25) is 0 Å². The third-order valence-electron chi connectivity index (χ3n) is 4.35. The van der Waals surface area contributed by atoms with Crippen molar-refractivity contribution < 1.29 is 19.4 Å². The number of aliphatic hydroxyl groups excluding tert-OH is 1. The molecule has 3 rings (SSSR count). The molecule has 0 radical (unpaired) electrons. The zero-order valence-corrected chi connectivity index (χ0v) is 16.8. The average molecular weight is 379 g/mol. The van der Waals surface area contributed by atoms with Gasteiger partial charge in [-0.25, -0.2) is 4.79 Å². The number of β-amino-alcohol motifs (C(OH)–C–C–N with tert-alkyl or cyclic N) is 1. The van der Waals surface area contributed by atoms with Crippen molar-refractivity contribution in [2.75, 3.05) is 26.2 Å². The maximum Gasteiger partial charge on any atom is 0.410 e. The molecule has 2 N–H and O–H groups in total. The summed E-state index contributed by atoms with van der Waals surface area (Å²) in [5, 5.41) is 12.7. The summed E-state index contributed by atoms with van der Waals surface area (Å²) in [6, 6.07) is 10.0. The summed E-state index contributed by atoms with van der Waals surface area (Å²) in [5.74, 6) is 0.983. The second-order valence-corrected chi connectivity index (χ2v) is 8.12. The maximum atomic E-state index is 11.6. The highest BCUT2D eigenvalue weighted by atomic mass is 16.6. The number of hydrogen-bond donors (Lipinski definition) is 2. The van der Waals surface area contributed by atoms with Gasteiger partial charge < -0.3 is 24.8 Å². The van der Waals surface area contributed by atoms with Gasteiger partial charge in [-0.05, 0) is 65.1 Å². The molecule has 27 heavy (non-hydrogen) atoms. The summed E-state index contributed by atoms with van der Waals surface area (Å²) in [5.41, 5.74) is -0.459. The van der Waals surface area contributed by atoms with Gasteiger partial charge in [-0.3, -0.25) is 0 Å². The van der Waals surface area contributed by atoms with Crippen LogP contribution in [0, 0.1) is 0 Å². The number of nitrogens with one attached hydrogen (secondary N) is 1. The quantitative estimate of drug-likeness (QED) is 0.827. The molecule has 2 heterocycles. The van der Waals surface area contributed by atoms with Crippen LogP contribution in [0.3, 0.4) is 0 Å². The van der Waals surface area contributed by atoms with Crippen molar-refractivity contribution >= 4 is 6.09 Å². The normalized spacial score (nSPS) is 23.0. The smallest absolute Gasteiger partial charge is 0.410 e. The Labute approximate surface area is 162 Å². The standard InChI is InChI=1S/C11H15NO.C10H19NO3/c1-2-5-10(6-3-1)13-11-7-4-8-12-9-11;1-10(2,3)14-9(13)11-6-4-5-8(12)7-11/h1-3,5-6,11-12H,4,7-9H2;8,12H,4-7H2,1-3H3. The van der Waals surface area contributed by atoms with E-state index >= 15 is 0 Å². The number of aliphatic hydroxyl groups is 1. The molecule has 2 fully saturated rings. The zero-order chi connectivity index (χ0) is 19.7. The molecule has 2 aliphatic heterocycles. The molecule has 0 aromatic heterocycles. The summed E-state index contributed by atoms with van der Waals surface area (Å²) >= 11 is 0. The Bertz CT molecular complexity index is 553. The van der Waals surface area contributed by atoms with Gasteiger partial charge in [-0.1, -0.05) is 18.2 Å². The summed E-state index contributed by atoms with van der Waals surface area (Å²) in [4.78, 5) is 13.1. The minimum absolute atomic E-state index is 0.323. The molecule has 1 amide bonds. The first kappa shape index (κ1) is 21.5. The molecule has 6 nitrogen and oxygen atoms in total. The third kappa shape index (κ3) is 8.63. The number of rotatable bonds is 2. The Hall–Kier alpha value is -1.79. The molecule has 0 spiro atoms. The minimum atomic E-state index is -0.459. The number of hydrogen-bond acceptors (Lipinski definition) is 5. The van der Waals surface area contributed by atoms with Crippen LogP contribution in [0.1, 0.15) is 46.5 Å². The number of benzene rings is 1. The zero-order valence-electron chi connectivity index (χ0n) is 16.8. The van der Waals surface area contributed by atoms with Crippen LogP contribution in [0.25, 0.3) is 0 Å². The number of likely N-dealkylation sites (tertiary alicyclic amines) is 1. The lowest BCUT2D eigenvalue weighted by Crippen LogP contribution is -2.44. The highest BCUT2D eigenvalue weighted by Crippen LogP contribution is 2.15. The van der Waals surface area contributed by atoms with Crippen LogP contribution in [-0.4, -0.2) is 60.1 Å². The number of nitrogens with zero attached hydrogens (tertiary/aromatic N) is 1. The predicted molar refractivity (Wildman–Crippen MR) is 106 cm³/mol. The van der Waals surface area contributed by atoms with E-state index in [4.69, 9.17) is 9.47 Å². The molecule has 152 valence electrons. The second-order valence-electron chi connectivity index (χ2n) is 8.12. The van der Waals surface area contributed by atoms with Crippen LogP contribution < -0.4 is 10.1 Å². The minimum Gasteiger partial charge on any atom is -0.489 e. The Morgan fingerprint density at radius 3 is 2.52 bits per heavy atom. The van der Waals surface area contributed by atoms with E-state index in [1.165, 1.54) is 12.8 Å². The molecule has 0 saturated carbocycles. The molecule has 2 atom stereocenters. The lowest BCUT2D eigenvalue weighted by Gasteiger charge is -2.32. The number of amides is 1. The molecule has 2 unspecified atom stereocenters. The van der Waals surface area contributed by atoms with Gasteiger partial charge in [0.25, 0.3) is 0 Å². The Kier molecular flexibility index (Phi) is 8.38. The van der Waals surface area contributed by atoms with Gasteiger partial charge in [0.1, 0.15) is 17.5 Å². The first-order valence-corrected chi connectivity index (χ1v) is 9.92. The highest BCUT2D eigenvalue weighted by molar-refractivity contribution is 5.68. The van der Waals surface area contributed by atoms with Crippen molar-refractivity contribution in [1.29, 1.82) is 0 Å². The van der Waals surface area contributed by atoms with Gasteiger partial charge in [0.05, 0.1) is 6.10 Å². The number of ether oxygens (including phenoxy) is 2. The Morgan fingerprint density at radius 1 is 1.19 bits per heavy atom. The lowest BCUT2D eigenvalue weighted by atomic mass is 10.1. The van der Waals surface area contributed by atoms with Gasteiger partial charge >= 0.3 is 6.09 Å². The molecule has 2 saturated heterocycles. The number of carbonyl (C=O) groups is 1. The van der Waals surface area contributed by atoms with Crippen molar-refractivity contribution in [2.24, 2.45) is 0 Å². The molecule has 0 bridgehead atoms. The monoisotopic (exact) mass is 378 g/mol. The van der Waals surface area contributed by atoms with Crippen molar-refractivity contribution in [3.63, 3.8) is 0 Å². The predicted octanol–water partition coefficient (Wildman–Crippen LogP) is 3.20. The molecular formula is C21H34N2O4. The second kappa shape index (κ2) is 10.5. The number of para-hydroxylation sites is 1. The number of carbonyl (C=O) groups excluding carboxylic acids is 1. The maximum absolute atomic E-state index is 11.6. The summed E-state index contributed by atoms with van der Waals surface area (Å²) in [7, 11) is 0. The largest absolute Gasteiger partial charge is 0.489 e. The molecule has 2 aliphatic rings. The fraction of sp³-hybridized carbons (Fsp3) is 0.667. The van der Waals surface area contributed by atoms with E-state index in [0.29, 0.717) is 19.2 Å². The first-order valence-electron chi connectivity index (χ1n) is 9.92. The summed E-state index contributed by atoms with van der Waals surface area (Å²) in [6.45, 7) is 8.71. The lowest BCUT2D eigenvalue weighted by molar-refractivity contribution is 0.00391. The fourth-order valence-electron chi connectivity index (χ4n) is 3.06. The van der Waals surface area contributed by atoms with Crippen LogP contribution >= 0.6 is 0 Å². The van der Waals surface area contributed by atoms with E-state index in [0.717, 1.165) is 31.7 Å². The first-order chi connectivity index (χ1) is 12.8. The average Bonchev–Trinajstić information content (AvgIpc) is 2.63. The number of piperidine rings is 2. The topological polar surface area (TPSA) is 71.0 Å². The van der Waals surface area contributed by atoms with Crippen molar-refractivity contribution in [3.05, 3.63) is 30.3 Å². The molecule has 0 aliphatic carbocycles. The molecule has 1 aromatic rings. The van der Waals surface area contributed by atoms with E-state index in [2.05, 4.69) is 5.32 Å². The van der Waals surface area contributed by atoms with Crippen LogP contribution in [0.15, 0.2) is 30.3 Å². The van der Waals surface area contributed by atoms with E-state index in [9.17, 15) is 9.90 Å². The van der Waals surface area contributed by atoms with Crippen LogP contribution in [0.5, 0.6) is 5.75 Å². The Morgan fingerprint density at radius 2 is 1.93 bits per heavy atom. The van der Waals surface area contributed by atoms with Crippen molar-refractivity contribution in [1.82, 2.24) is 10.2 Å². The van der Waals surface area contributed by atoms with Crippen molar-refractivity contribution in [2.45, 2.75) is 64.3 Å². The molecule has 1 aromatic carbocycles. The Balaban J connectivity index is 0.000000194. The fourth-order valence-corrected chi connectivity index (χ4v) is 3.06. The van der Waals surface area contributed by atoms with Gasteiger partial charge in [0, 0.05) is 19.6 Å². The summed E-state index contributed by atoms with van der Waals surface area (Å²) < 4.78 is 11.0. The van der Waals surface area contributed by atoms with E-state index < -0.39 is 11.7 Å². The van der Waals surface area contributed by atoms with Crippen molar-refractivity contribution in [3.8, 4) is 5.75 Å². The van der Waals surface area contributed by atoms with Crippen LogP contribution in [0.4, 0.5) is 4.79 Å². The van der Waals surface area contributed by atoms with E-state index in [1.54, 1.807) is 4.90 Å². The van der Waals surface area contributed by atoms with Crippen LogP contribution in [0.2, 0.25) is 0 Å².